The third-order valence-electron chi connectivity index (χ3n) is 4.61. The monoisotopic (exact) mass is 393 g/mol. The van der Waals surface area contributed by atoms with Crippen LogP contribution in [0.5, 0.6) is 0 Å². The molecule has 0 saturated carbocycles. The average Bonchev–Trinajstić information content (AvgIpc) is 2.63. The lowest BCUT2D eigenvalue weighted by Crippen LogP contribution is -2.51. The van der Waals surface area contributed by atoms with Crippen LogP contribution in [0.3, 0.4) is 0 Å². The number of nitrogens with zero attached hydrogens (tertiary/aromatic N) is 3. The molecule has 1 aromatic carbocycles. The standard InChI is InChI=1S/C17H21BClN3O3S/c1-18(23)21-12-9-14(10-13-21)22(17-8-4-5-11-20-17)26(24,25)16-7-3-2-6-15(16)19/h2-8,11,14,23H,9-10,12-13H2,1H3. The summed E-state index contributed by atoms with van der Waals surface area (Å²) >= 11 is 6.18. The molecule has 1 aromatic heterocycles. The third-order valence-corrected chi connectivity index (χ3v) is 6.96. The second-order valence-electron chi connectivity index (χ2n) is 6.32. The van der Waals surface area contributed by atoms with Crippen LogP contribution in [0.25, 0.3) is 0 Å². The fraction of sp³-hybridized carbons (Fsp3) is 0.353. The van der Waals surface area contributed by atoms with E-state index in [0.29, 0.717) is 31.7 Å². The van der Waals surface area contributed by atoms with Gasteiger partial charge in [-0.25, -0.2) is 17.7 Å². The second-order valence-corrected chi connectivity index (χ2v) is 8.51. The molecule has 6 nitrogen and oxygen atoms in total. The van der Waals surface area contributed by atoms with Gasteiger partial charge in [0.15, 0.2) is 0 Å². The lowest BCUT2D eigenvalue weighted by atomic mass is 9.82. The van der Waals surface area contributed by atoms with Crippen LogP contribution in [0.15, 0.2) is 53.6 Å². The molecule has 0 amide bonds. The Hall–Kier alpha value is -1.61. The van der Waals surface area contributed by atoms with Crippen molar-refractivity contribution in [3.63, 3.8) is 0 Å². The maximum absolute atomic E-state index is 13.4. The molecule has 0 spiro atoms. The van der Waals surface area contributed by atoms with Crippen LogP contribution in [-0.2, 0) is 10.0 Å². The molecule has 1 saturated heterocycles. The van der Waals surface area contributed by atoms with Gasteiger partial charge in [-0.2, -0.15) is 0 Å². The van der Waals surface area contributed by atoms with Gasteiger partial charge in [-0.1, -0.05) is 29.8 Å². The van der Waals surface area contributed by atoms with E-state index in [1.54, 1.807) is 49.4 Å². The fourth-order valence-corrected chi connectivity index (χ4v) is 5.41. The molecule has 3 rings (SSSR count). The van der Waals surface area contributed by atoms with Crippen LogP contribution in [-0.4, -0.2) is 49.4 Å². The molecule has 138 valence electrons. The number of benzene rings is 1. The predicted molar refractivity (Wildman–Crippen MR) is 104 cm³/mol. The minimum absolute atomic E-state index is 0.0743. The van der Waals surface area contributed by atoms with Crippen molar-refractivity contribution in [2.75, 3.05) is 17.4 Å². The molecule has 1 aliphatic heterocycles. The van der Waals surface area contributed by atoms with E-state index < -0.39 is 17.1 Å². The summed E-state index contributed by atoms with van der Waals surface area (Å²) in [6.45, 7) is 2.95. The molecule has 0 aliphatic carbocycles. The smallest absolute Gasteiger partial charge is 0.376 e. The maximum atomic E-state index is 13.4. The number of aromatic nitrogens is 1. The van der Waals surface area contributed by atoms with Crippen LogP contribution < -0.4 is 4.31 Å². The second kappa shape index (κ2) is 7.96. The quantitative estimate of drug-likeness (QED) is 0.790. The summed E-state index contributed by atoms with van der Waals surface area (Å²) in [5.74, 6) is 0.378. The number of hydrogen-bond donors (Lipinski definition) is 1. The molecule has 2 heterocycles. The molecule has 1 aliphatic rings. The van der Waals surface area contributed by atoms with E-state index in [9.17, 15) is 13.4 Å². The van der Waals surface area contributed by atoms with E-state index >= 15 is 0 Å². The van der Waals surface area contributed by atoms with E-state index in [-0.39, 0.29) is 16.0 Å². The molecular weight excluding hydrogens is 373 g/mol. The molecule has 0 atom stereocenters. The number of rotatable bonds is 5. The van der Waals surface area contributed by atoms with E-state index in [0.717, 1.165) is 0 Å². The number of piperidine rings is 1. The van der Waals surface area contributed by atoms with Crippen molar-refractivity contribution in [2.45, 2.75) is 30.6 Å². The summed E-state index contributed by atoms with van der Waals surface area (Å²) in [4.78, 5) is 6.27. The van der Waals surface area contributed by atoms with Crippen LogP contribution in [0.4, 0.5) is 5.82 Å². The highest BCUT2D eigenvalue weighted by molar-refractivity contribution is 7.93. The Bertz CT molecular complexity index is 843. The SMILES string of the molecule is CB(O)N1CCC(N(c2ccccn2)S(=O)(=O)c2ccccc2Cl)CC1. The van der Waals surface area contributed by atoms with E-state index in [1.165, 1.54) is 10.4 Å². The highest BCUT2D eigenvalue weighted by atomic mass is 35.5. The lowest BCUT2D eigenvalue weighted by molar-refractivity contribution is 0.290. The van der Waals surface area contributed by atoms with Crippen molar-refractivity contribution in [1.29, 1.82) is 0 Å². The average molecular weight is 394 g/mol. The minimum atomic E-state index is -3.86. The summed E-state index contributed by atoms with van der Waals surface area (Å²) in [6, 6.07) is 11.4. The molecule has 1 N–H and O–H groups in total. The molecule has 2 aromatic rings. The van der Waals surface area contributed by atoms with Gasteiger partial charge in [-0.05, 0) is 57.0 Å². The molecule has 0 radical (unpaired) electrons. The summed E-state index contributed by atoms with van der Waals surface area (Å²) in [7, 11) is -4.41. The first-order chi connectivity index (χ1) is 12.4. The van der Waals surface area contributed by atoms with Crippen molar-refractivity contribution >= 4 is 34.5 Å². The number of anilines is 1. The van der Waals surface area contributed by atoms with E-state index in [4.69, 9.17) is 11.6 Å². The number of halogens is 1. The van der Waals surface area contributed by atoms with Crippen LogP contribution in [0.1, 0.15) is 12.8 Å². The zero-order valence-corrected chi connectivity index (χ0v) is 16.1. The van der Waals surface area contributed by atoms with E-state index in [2.05, 4.69) is 4.98 Å². The van der Waals surface area contributed by atoms with Gasteiger partial charge in [0.05, 0.1) is 5.02 Å². The van der Waals surface area contributed by atoms with Gasteiger partial charge in [0, 0.05) is 12.2 Å². The van der Waals surface area contributed by atoms with Gasteiger partial charge in [0.25, 0.3) is 10.0 Å². The van der Waals surface area contributed by atoms with Crippen molar-refractivity contribution in [3.05, 3.63) is 53.7 Å². The van der Waals surface area contributed by atoms with Crippen molar-refractivity contribution in [2.24, 2.45) is 0 Å². The summed E-state index contributed by atoms with van der Waals surface area (Å²) in [5, 5.41) is 9.95. The van der Waals surface area contributed by atoms with Crippen LogP contribution in [0.2, 0.25) is 11.8 Å². The molecule has 1 fully saturated rings. The Morgan fingerprint density at radius 1 is 1.19 bits per heavy atom. The first-order valence-corrected chi connectivity index (χ1v) is 10.3. The Morgan fingerprint density at radius 2 is 1.85 bits per heavy atom. The zero-order chi connectivity index (χ0) is 18.7. The molecule has 9 heteroatoms. The zero-order valence-electron chi connectivity index (χ0n) is 14.5. The summed E-state index contributed by atoms with van der Waals surface area (Å²) in [6.07, 6.45) is 2.78. The van der Waals surface area contributed by atoms with Crippen LogP contribution >= 0.6 is 11.6 Å². The number of hydrogen-bond acceptors (Lipinski definition) is 5. The summed E-state index contributed by atoms with van der Waals surface area (Å²) in [5.41, 5.74) is 0. The van der Waals surface area contributed by atoms with Crippen LogP contribution in [0, 0.1) is 0 Å². The van der Waals surface area contributed by atoms with Gasteiger partial charge in [0.2, 0.25) is 0 Å². The highest BCUT2D eigenvalue weighted by Gasteiger charge is 2.36. The van der Waals surface area contributed by atoms with E-state index in [1.807, 2.05) is 4.81 Å². The Labute approximate surface area is 159 Å². The Kier molecular flexibility index (Phi) is 5.87. The highest BCUT2D eigenvalue weighted by Crippen LogP contribution is 2.32. The molecule has 0 bridgehead atoms. The van der Waals surface area contributed by atoms with Crippen molar-refractivity contribution < 1.29 is 13.4 Å². The predicted octanol–water partition coefficient (Wildman–Crippen LogP) is 2.51. The van der Waals surface area contributed by atoms with Gasteiger partial charge in [-0.15, -0.1) is 0 Å². The first kappa shape index (κ1) is 19.2. The summed E-state index contributed by atoms with van der Waals surface area (Å²) < 4.78 is 28.2. The topological polar surface area (TPSA) is 73.7 Å². The van der Waals surface area contributed by atoms with Gasteiger partial charge in [-0.3, -0.25) is 0 Å². The molecule has 0 unspecified atom stereocenters. The van der Waals surface area contributed by atoms with Gasteiger partial charge in [0.1, 0.15) is 10.7 Å². The largest absolute Gasteiger partial charge is 0.437 e. The van der Waals surface area contributed by atoms with Gasteiger partial charge >= 0.3 is 7.05 Å². The normalized spacial score (nSPS) is 16.4. The Morgan fingerprint density at radius 3 is 2.42 bits per heavy atom. The van der Waals surface area contributed by atoms with Crippen molar-refractivity contribution in [1.82, 2.24) is 9.79 Å². The molecular formula is C17H21BClN3O3S. The fourth-order valence-electron chi connectivity index (χ4n) is 3.24. The van der Waals surface area contributed by atoms with Gasteiger partial charge < -0.3 is 9.83 Å². The molecule has 26 heavy (non-hydrogen) atoms. The maximum Gasteiger partial charge on any atom is 0.376 e. The first-order valence-electron chi connectivity index (χ1n) is 8.53. The van der Waals surface area contributed by atoms with Crippen molar-refractivity contribution in [3.8, 4) is 0 Å². The minimum Gasteiger partial charge on any atom is -0.437 e. The number of sulfonamides is 1. The number of pyridine rings is 1. The lowest BCUT2D eigenvalue weighted by Gasteiger charge is -2.38. The third kappa shape index (κ3) is 3.88. The Balaban J connectivity index is 1.99.